The van der Waals surface area contributed by atoms with Gasteiger partial charge in [-0.15, -0.1) is 0 Å². The molecule has 16 heavy (non-hydrogen) atoms. The highest BCUT2D eigenvalue weighted by molar-refractivity contribution is 7.71. The van der Waals surface area contributed by atoms with E-state index in [-0.39, 0.29) is 0 Å². The monoisotopic (exact) mass is 252 g/mol. The molecule has 2 aromatic rings. The van der Waals surface area contributed by atoms with Gasteiger partial charge in [-0.25, -0.2) is 0 Å². The number of fused-ring (bicyclic) bond motifs is 1. The van der Waals surface area contributed by atoms with Gasteiger partial charge >= 0.3 is 0 Å². The Hall–Kier alpha value is -0.800. The van der Waals surface area contributed by atoms with E-state index in [0.29, 0.717) is 6.04 Å². The highest BCUT2D eigenvalue weighted by atomic mass is 35.5. The molecule has 1 aliphatic rings. The van der Waals surface area contributed by atoms with E-state index < -0.39 is 0 Å². The molecular weight excluding hydrogens is 240 g/mol. The summed E-state index contributed by atoms with van der Waals surface area (Å²) in [4.78, 5) is 3.21. The maximum Gasteiger partial charge on any atom is 0.178 e. The molecular formula is C12H13ClN2S. The minimum Gasteiger partial charge on any atom is -0.329 e. The Morgan fingerprint density at radius 2 is 2.19 bits per heavy atom. The number of aromatic nitrogens is 2. The molecule has 0 unspecified atom stereocenters. The maximum absolute atomic E-state index is 6.15. The Bertz CT molecular complexity index is 593. The highest BCUT2D eigenvalue weighted by Gasteiger charge is 2.28. The molecule has 1 aromatic carbocycles. The lowest BCUT2D eigenvalue weighted by Crippen LogP contribution is -2.24. The van der Waals surface area contributed by atoms with Crippen molar-refractivity contribution in [3.8, 4) is 0 Å². The smallest absolute Gasteiger partial charge is 0.178 e. The number of hydrogen-bond donors (Lipinski definition) is 1. The Kier molecular flexibility index (Phi) is 2.33. The number of hydrogen-bond acceptors (Lipinski definition) is 1. The van der Waals surface area contributed by atoms with Crippen LogP contribution in [0.25, 0.3) is 11.0 Å². The van der Waals surface area contributed by atoms with Gasteiger partial charge in [-0.3, -0.25) is 0 Å². The number of nitrogens with zero attached hydrogens (tertiary/aromatic N) is 1. The van der Waals surface area contributed by atoms with E-state index in [0.717, 1.165) is 26.7 Å². The second-order valence-corrected chi connectivity index (χ2v) is 5.46. The van der Waals surface area contributed by atoms with Crippen LogP contribution >= 0.6 is 23.8 Å². The van der Waals surface area contributed by atoms with Gasteiger partial charge < -0.3 is 9.55 Å². The topological polar surface area (TPSA) is 20.7 Å². The van der Waals surface area contributed by atoms with Gasteiger partial charge in [-0.2, -0.15) is 0 Å². The van der Waals surface area contributed by atoms with Crippen molar-refractivity contribution in [1.82, 2.24) is 9.55 Å². The number of H-pyrrole nitrogens is 1. The number of benzene rings is 1. The molecule has 1 aliphatic carbocycles. The van der Waals surface area contributed by atoms with Gasteiger partial charge in [0.2, 0.25) is 0 Å². The van der Waals surface area contributed by atoms with E-state index >= 15 is 0 Å². The van der Waals surface area contributed by atoms with Crippen molar-refractivity contribution in [1.29, 1.82) is 0 Å². The summed E-state index contributed by atoms with van der Waals surface area (Å²) in [6, 6.07) is 6.50. The second kappa shape index (κ2) is 3.60. The first-order chi connectivity index (χ1) is 7.66. The Morgan fingerprint density at radius 3 is 2.88 bits per heavy atom. The fourth-order valence-electron chi connectivity index (χ4n) is 2.55. The van der Waals surface area contributed by atoms with Crippen LogP contribution in [0.3, 0.4) is 0 Å². The van der Waals surface area contributed by atoms with Crippen molar-refractivity contribution in [2.75, 3.05) is 0 Å². The first-order valence-corrected chi connectivity index (χ1v) is 6.34. The van der Waals surface area contributed by atoms with E-state index in [4.69, 9.17) is 23.8 Å². The van der Waals surface area contributed by atoms with Gasteiger partial charge in [0.05, 0.1) is 16.1 Å². The Morgan fingerprint density at radius 1 is 1.44 bits per heavy atom. The minimum absolute atomic E-state index is 0.551. The lowest BCUT2D eigenvalue weighted by atomic mass is 9.81. The van der Waals surface area contributed by atoms with E-state index in [1.165, 1.54) is 12.8 Å². The third-order valence-corrected chi connectivity index (χ3v) is 4.03. The molecule has 84 valence electrons. The van der Waals surface area contributed by atoms with E-state index in [2.05, 4.69) is 22.5 Å². The summed E-state index contributed by atoms with van der Waals surface area (Å²) in [6.45, 7) is 2.28. The van der Waals surface area contributed by atoms with Gasteiger partial charge in [0.25, 0.3) is 0 Å². The number of nitrogens with one attached hydrogen (secondary N) is 1. The van der Waals surface area contributed by atoms with E-state index in [1.54, 1.807) is 0 Å². The molecule has 3 rings (SSSR count). The SMILES string of the molecule is CC1CC(n2c(=S)[nH]c3c(Cl)cccc32)C1. The molecule has 1 heterocycles. The fraction of sp³-hybridized carbons (Fsp3) is 0.417. The first-order valence-electron chi connectivity index (χ1n) is 5.55. The summed E-state index contributed by atoms with van der Waals surface area (Å²) in [7, 11) is 0. The van der Waals surface area contributed by atoms with Crippen LogP contribution in [0.4, 0.5) is 0 Å². The maximum atomic E-state index is 6.15. The number of imidazole rings is 1. The van der Waals surface area contributed by atoms with E-state index in [9.17, 15) is 0 Å². The minimum atomic E-state index is 0.551. The van der Waals surface area contributed by atoms with Crippen LogP contribution in [0, 0.1) is 10.7 Å². The van der Waals surface area contributed by atoms with Crippen molar-refractivity contribution in [3.05, 3.63) is 28.0 Å². The predicted octanol–water partition coefficient (Wildman–Crippen LogP) is 4.32. The van der Waals surface area contributed by atoms with Crippen LogP contribution < -0.4 is 0 Å². The van der Waals surface area contributed by atoms with E-state index in [1.807, 2.05) is 12.1 Å². The average Bonchev–Trinajstić information content (AvgIpc) is 2.52. The summed E-state index contributed by atoms with van der Waals surface area (Å²) in [5, 5.41) is 0.745. The van der Waals surface area contributed by atoms with Crippen LogP contribution in [-0.2, 0) is 0 Å². The number of rotatable bonds is 1. The quantitative estimate of drug-likeness (QED) is 0.750. The van der Waals surface area contributed by atoms with Crippen molar-refractivity contribution < 1.29 is 0 Å². The molecule has 0 radical (unpaired) electrons. The highest BCUT2D eigenvalue weighted by Crippen LogP contribution is 2.39. The number of aromatic amines is 1. The van der Waals surface area contributed by atoms with Crippen LogP contribution in [-0.4, -0.2) is 9.55 Å². The normalized spacial score (nSPS) is 24.6. The van der Waals surface area contributed by atoms with Gasteiger partial charge in [-0.05, 0) is 43.1 Å². The predicted molar refractivity (Wildman–Crippen MR) is 69.6 cm³/mol. The molecule has 1 aromatic heterocycles. The van der Waals surface area contributed by atoms with Crippen LogP contribution in [0.2, 0.25) is 5.02 Å². The molecule has 1 N–H and O–H groups in total. The second-order valence-electron chi connectivity index (χ2n) is 4.66. The molecule has 0 amide bonds. The molecule has 4 heteroatoms. The Balaban J connectivity index is 2.21. The summed E-state index contributed by atoms with van der Waals surface area (Å²) in [5.41, 5.74) is 2.10. The Labute approximate surface area is 104 Å². The molecule has 0 spiro atoms. The standard InChI is InChI=1S/C12H13ClN2S/c1-7-5-8(6-7)15-10-4-2-3-9(13)11(10)14-12(15)16/h2-4,7-8H,5-6H2,1H3,(H,14,16). The largest absolute Gasteiger partial charge is 0.329 e. The first kappa shape index (κ1) is 10.4. The molecule has 1 fully saturated rings. The summed E-state index contributed by atoms with van der Waals surface area (Å²) >= 11 is 11.5. The third kappa shape index (κ3) is 1.42. The molecule has 2 nitrogen and oxygen atoms in total. The van der Waals surface area contributed by atoms with Crippen LogP contribution in [0.15, 0.2) is 18.2 Å². The zero-order chi connectivity index (χ0) is 11.3. The lowest BCUT2D eigenvalue weighted by Gasteiger charge is -2.34. The lowest BCUT2D eigenvalue weighted by molar-refractivity contribution is 0.219. The summed E-state index contributed by atoms with van der Waals surface area (Å²) in [6.07, 6.45) is 2.43. The van der Waals surface area contributed by atoms with Crippen molar-refractivity contribution in [3.63, 3.8) is 0 Å². The zero-order valence-electron chi connectivity index (χ0n) is 9.03. The van der Waals surface area contributed by atoms with Gasteiger partial charge in [-0.1, -0.05) is 24.6 Å². The molecule has 0 atom stereocenters. The van der Waals surface area contributed by atoms with Gasteiger partial charge in [0.1, 0.15) is 0 Å². The van der Waals surface area contributed by atoms with Crippen molar-refractivity contribution >= 4 is 34.9 Å². The summed E-state index contributed by atoms with van der Waals surface area (Å²) in [5.74, 6) is 0.816. The number of halogens is 1. The van der Waals surface area contributed by atoms with Gasteiger partial charge in [0.15, 0.2) is 4.77 Å². The zero-order valence-corrected chi connectivity index (χ0v) is 10.6. The van der Waals surface area contributed by atoms with Crippen LogP contribution in [0.5, 0.6) is 0 Å². The summed E-state index contributed by atoms with van der Waals surface area (Å²) < 4.78 is 3.01. The molecule has 1 saturated carbocycles. The molecule has 0 aliphatic heterocycles. The molecule has 0 saturated heterocycles. The van der Waals surface area contributed by atoms with Gasteiger partial charge in [0, 0.05) is 6.04 Å². The molecule has 0 bridgehead atoms. The van der Waals surface area contributed by atoms with Crippen molar-refractivity contribution in [2.45, 2.75) is 25.8 Å². The third-order valence-electron chi connectivity index (χ3n) is 3.42. The van der Waals surface area contributed by atoms with Crippen LogP contribution in [0.1, 0.15) is 25.8 Å². The average molecular weight is 253 g/mol. The van der Waals surface area contributed by atoms with Crippen molar-refractivity contribution in [2.24, 2.45) is 5.92 Å². The fourth-order valence-corrected chi connectivity index (χ4v) is 3.11. The number of para-hydroxylation sites is 1.